The Morgan fingerprint density at radius 2 is 1.94 bits per heavy atom. The van der Waals surface area contributed by atoms with E-state index in [1.807, 2.05) is 19.1 Å². The van der Waals surface area contributed by atoms with Gasteiger partial charge in [-0.3, -0.25) is 14.5 Å². The van der Waals surface area contributed by atoms with Gasteiger partial charge in [0.05, 0.1) is 6.54 Å². The fraction of sp³-hybridized carbons (Fsp3) is 0.333. The number of rotatable bonds is 2. The number of hydrogen-bond acceptors (Lipinski definition) is 4. The first-order chi connectivity index (χ1) is 8.09. The first-order valence-electron chi connectivity index (χ1n) is 5.34. The van der Waals surface area contributed by atoms with Crippen molar-refractivity contribution in [1.29, 1.82) is 0 Å². The van der Waals surface area contributed by atoms with E-state index in [-0.39, 0.29) is 31.6 Å². The number of carbonyl (C=O) groups is 2. The Hall–Kier alpha value is -1.88. The van der Waals surface area contributed by atoms with Gasteiger partial charge in [0, 0.05) is 5.69 Å². The van der Waals surface area contributed by atoms with E-state index in [1.54, 1.807) is 6.07 Å². The summed E-state index contributed by atoms with van der Waals surface area (Å²) in [5.74, 6) is -0.605. The van der Waals surface area contributed by atoms with Crippen molar-refractivity contribution in [2.75, 3.05) is 18.9 Å². The van der Waals surface area contributed by atoms with Gasteiger partial charge >= 0.3 is 0 Å². The van der Waals surface area contributed by atoms with E-state index >= 15 is 0 Å². The van der Waals surface area contributed by atoms with Gasteiger partial charge in [0.2, 0.25) is 0 Å². The number of ether oxygens (including phenoxy) is 1. The van der Waals surface area contributed by atoms with Crippen LogP contribution < -0.4 is 5.73 Å². The van der Waals surface area contributed by atoms with Crippen LogP contribution in [0, 0.1) is 6.92 Å². The Morgan fingerprint density at radius 1 is 1.29 bits per heavy atom. The summed E-state index contributed by atoms with van der Waals surface area (Å²) in [6.45, 7) is 2.07. The Labute approximate surface area is 99.2 Å². The van der Waals surface area contributed by atoms with Gasteiger partial charge in [0.1, 0.15) is 13.2 Å². The summed E-state index contributed by atoms with van der Waals surface area (Å²) >= 11 is 0. The molecule has 2 rings (SSSR count). The molecule has 1 heterocycles. The molecule has 0 aromatic heterocycles. The molecule has 0 bridgehead atoms. The fourth-order valence-corrected chi connectivity index (χ4v) is 1.74. The summed E-state index contributed by atoms with van der Waals surface area (Å²) in [4.78, 5) is 24.3. The topological polar surface area (TPSA) is 72.6 Å². The summed E-state index contributed by atoms with van der Waals surface area (Å²) in [6.07, 6.45) is 0. The molecule has 1 aliphatic rings. The zero-order chi connectivity index (χ0) is 12.4. The van der Waals surface area contributed by atoms with Crippen molar-refractivity contribution in [3.8, 4) is 0 Å². The van der Waals surface area contributed by atoms with Gasteiger partial charge in [-0.2, -0.15) is 0 Å². The van der Waals surface area contributed by atoms with Gasteiger partial charge in [0.25, 0.3) is 11.8 Å². The molecule has 1 aromatic rings. The number of anilines is 1. The number of nitrogen functional groups attached to an aromatic ring is 1. The minimum Gasteiger partial charge on any atom is -0.399 e. The summed E-state index contributed by atoms with van der Waals surface area (Å²) in [5.41, 5.74) is 8.23. The lowest BCUT2D eigenvalue weighted by molar-refractivity contribution is -0.159. The number of carbonyl (C=O) groups excluding carboxylic acids is 2. The molecule has 17 heavy (non-hydrogen) atoms. The van der Waals surface area contributed by atoms with E-state index in [0.717, 1.165) is 11.1 Å². The lowest BCUT2D eigenvalue weighted by Gasteiger charge is -2.25. The summed E-state index contributed by atoms with van der Waals surface area (Å²) < 4.78 is 4.85. The first kappa shape index (κ1) is 11.6. The van der Waals surface area contributed by atoms with Crippen molar-refractivity contribution >= 4 is 17.5 Å². The molecule has 0 saturated carbocycles. The van der Waals surface area contributed by atoms with Crippen molar-refractivity contribution in [1.82, 2.24) is 4.90 Å². The maximum Gasteiger partial charge on any atom is 0.255 e. The molecule has 90 valence electrons. The molecule has 1 fully saturated rings. The van der Waals surface area contributed by atoms with Crippen LogP contribution in [0.3, 0.4) is 0 Å². The maximum atomic E-state index is 11.6. The Balaban J connectivity index is 2.22. The van der Waals surface area contributed by atoms with Gasteiger partial charge in [0.15, 0.2) is 0 Å². The predicted molar refractivity (Wildman–Crippen MR) is 62.0 cm³/mol. The molecule has 1 saturated heterocycles. The molecule has 0 atom stereocenters. The minimum atomic E-state index is -0.303. The van der Waals surface area contributed by atoms with Crippen molar-refractivity contribution in [3.63, 3.8) is 0 Å². The average molecular weight is 234 g/mol. The molecule has 5 heteroatoms. The summed E-state index contributed by atoms with van der Waals surface area (Å²) in [5, 5.41) is 0. The van der Waals surface area contributed by atoms with Crippen molar-refractivity contribution in [3.05, 3.63) is 29.3 Å². The first-order valence-corrected chi connectivity index (χ1v) is 5.34. The fourth-order valence-electron chi connectivity index (χ4n) is 1.74. The highest BCUT2D eigenvalue weighted by molar-refractivity contribution is 5.98. The van der Waals surface area contributed by atoms with Gasteiger partial charge in [-0.15, -0.1) is 0 Å². The maximum absolute atomic E-state index is 11.6. The molecule has 0 aliphatic carbocycles. The van der Waals surface area contributed by atoms with E-state index < -0.39 is 0 Å². The number of morpholine rings is 1. The second-order valence-electron chi connectivity index (χ2n) is 4.00. The Morgan fingerprint density at radius 3 is 2.59 bits per heavy atom. The molecular formula is C12H14N2O3. The predicted octanol–water partition coefficient (Wildman–Crippen LogP) is 0.463. The molecule has 1 aromatic carbocycles. The van der Waals surface area contributed by atoms with Crippen molar-refractivity contribution < 1.29 is 14.3 Å². The zero-order valence-electron chi connectivity index (χ0n) is 9.60. The number of hydrogen-bond donors (Lipinski definition) is 1. The summed E-state index contributed by atoms with van der Waals surface area (Å²) in [6, 6.07) is 5.47. The van der Waals surface area contributed by atoms with Crippen molar-refractivity contribution in [2.45, 2.75) is 13.5 Å². The molecule has 1 aliphatic heterocycles. The number of imide groups is 1. The molecule has 0 radical (unpaired) electrons. The van der Waals surface area contributed by atoms with Crippen LogP contribution in [0.25, 0.3) is 0 Å². The smallest absolute Gasteiger partial charge is 0.255 e. The number of benzene rings is 1. The van der Waals surface area contributed by atoms with Crippen LogP contribution in [0.4, 0.5) is 5.69 Å². The summed E-state index contributed by atoms with van der Waals surface area (Å²) in [7, 11) is 0. The minimum absolute atomic E-state index is 0.0346. The van der Waals surface area contributed by atoms with Crippen LogP contribution in [-0.2, 0) is 20.9 Å². The lowest BCUT2D eigenvalue weighted by atomic mass is 10.1. The highest BCUT2D eigenvalue weighted by atomic mass is 16.5. The molecule has 5 nitrogen and oxygen atoms in total. The van der Waals surface area contributed by atoms with E-state index in [4.69, 9.17) is 10.5 Å². The standard InChI is InChI=1S/C12H14N2O3/c1-8-9(3-2-4-10(8)13)5-14-11(15)6-17-7-12(14)16/h2-4H,5-7,13H2,1H3. The second-order valence-corrected chi connectivity index (χ2v) is 4.00. The van der Waals surface area contributed by atoms with E-state index in [1.165, 1.54) is 4.90 Å². The number of amides is 2. The third-order valence-corrected chi connectivity index (χ3v) is 2.87. The highest BCUT2D eigenvalue weighted by Crippen LogP contribution is 2.18. The quantitative estimate of drug-likeness (QED) is 0.596. The number of nitrogens with zero attached hydrogens (tertiary/aromatic N) is 1. The van der Waals surface area contributed by atoms with E-state index in [2.05, 4.69) is 0 Å². The molecule has 2 amide bonds. The van der Waals surface area contributed by atoms with Crippen molar-refractivity contribution in [2.24, 2.45) is 0 Å². The highest BCUT2D eigenvalue weighted by Gasteiger charge is 2.26. The number of nitrogens with two attached hydrogens (primary N) is 1. The van der Waals surface area contributed by atoms with Crippen LogP contribution in [0.2, 0.25) is 0 Å². The molecule has 0 spiro atoms. The van der Waals surface area contributed by atoms with Crippen LogP contribution in [0.15, 0.2) is 18.2 Å². The third kappa shape index (κ3) is 2.29. The zero-order valence-corrected chi connectivity index (χ0v) is 9.60. The molecular weight excluding hydrogens is 220 g/mol. The molecule has 0 unspecified atom stereocenters. The van der Waals surface area contributed by atoms with Gasteiger partial charge in [-0.25, -0.2) is 0 Å². The van der Waals surface area contributed by atoms with Gasteiger partial charge < -0.3 is 10.5 Å². The van der Waals surface area contributed by atoms with Crippen LogP contribution in [0.1, 0.15) is 11.1 Å². The van der Waals surface area contributed by atoms with E-state index in [0.29, 0.717) is 5.69 Å². The van der Waals surface area contributed by atoms with Crippen LogP contribution in [-0.4, -0.2) is 29.9 Å². The largest absolute Gasteiger partial charge is 0.399 e. The Bertz CT molecular complexity index is 455. The van der Waals surface area contributed by atoms with E-state index in [9.17, 15) is 9.59 Å². The lowest BCUT2D eigenvalue weighted by Crippen LogP contribution is -2.45. The van der Waals surface area contributed by atoms with Gasteiger partial charge in [-0.1, -0.05) is 12.1 Å². The monoisotopic (exact) mass is 234 g/mol. The SMILES string of the molecule is Cc1c(N)cccc1CN1C(=O)COCC1=O. The Kier molecular flexibility index (Phi) is 3.10. The second kappa shape index (κ2) is 4.55. The van der Waals surface area contributed by atoms with Crippen LogP contribution in [0.5, 0.6) is 0 Å². The third-order valence-electron chi connectivity index (χ3n) is 2.87. The molecule has 2 N–H and O–H groups in total. The average Bonchev–Trinajstić information content (AvgIpc) is 2.29. The van der Waals surface area contributed by atoms with Crippen LogP contribution >= 0.6 is 0 Å². The van der Waals surface area contributed by atoms with Gasteiger partial charge in [-0.05, 0) is 24.1 Å². The normalized spacial score (nSPS) is 16.4.